The second-order valence-corrected chi connectivity index (χ2v) is 3.91. The van der Waals surface area contributed by atoms with Crippen molar-refractivity contribution in [1.29, 1.82) is 0 Å². The lowest BCUT2D eigenvalue weighted by Crippen LogP contribution is -2.16. The molecule has 0 saturated carbocycles. The predicted octanol–water partition coefficient (Wildman–Crippen LogP) is 2.55. The quantitative estimate of drug-likeness (QED) is 0.798. The first-order valence-electron chi connectivity index (χ1n) is 5.68. The Balaban J connectivity index is 1.71. The van der Waals surface area contributed by atoms with E-state index in [9.17, 15) is 4.39 Å². The molecule has 0 spiro atoms. The molecule has 0 unspecified atom stereocenters. The van der Waals surface area contributed by atoms with Gasteiger partial charge in [0.05, 0.1) is 0 Å². The molecule has 0 atom stereocenters. The van der Waals surface area contributed by atoms with Crippen molar-refractivity contribution in [3.63, 3.8) is 0 Å². The number of hydrogen-bond acceptors (Lipinski definition) is 2. The molecule has 2 rings (SSSR count). The molecule has 1 aromatic carbocycles. The first kappa shape index (κ1) is 11.7. The molecule has 0 saturated heterocycles. The first-order chi connectivity index (χ1) is 8.34. The van der Waals surface area contributed by atoms with Gasteiger partial charge in [0, 0.05) is 18.9 Å². The Hall–Kier alpha value is -1.74. The molecular weight excluding hydrogens is 215 g/mol. The molecule has 3 heteroatoms. The first-order valence-corrected chi connectivity index (χ1v) is 5.68. The minimum Gasteiger partial charge on any atom is -0.312 e. The largest absolute Gasteiger partial charge is 0.312 e. The summed E-state index contributed by atoms with van der Waals surface area (Å²) in [6.45, 7) is 1.72. The van der Waals surface area contributed by atoms with Crippen molar-refractivity contribution < 1.29 is 4.39 Å². The van der Waals surface area contributed by atoms with Crippen molar-refractivity contribution in [1.82, 2.24) is 10.3 Å². The summed E-state index contributed by atoms with van der Waals surface area (Å²) in [6.07, 6.45) is 4.49. The molecule has 0 aliphatic heterocycles. The third-order valence-corrected chi connectivity index (χ3v) is 2.58. The Bertz CT molecular complexity index is 440. The Morgan fingerprint density at radius 2 is 1.65 bits per heavy atom. The molecule has 0 aliphatic rings. The van der Waals surface area contributed by atoms with E-state index < -0.39 is 0 Å². The molecule has 0 aliphatic carbocycles. The molecule has 2 nitrogen and oxygen atoms in total. The zero-order chi connectivity index (χ0) is 11.9. The second kappa shape index (κ2) is 6.11. The molecule has 1 aromatic heterocycles. The molecule has 0 bridgehead atoms. The van der Waals surface area contributed by atoms with Crippen molar-refractivity contribution in [2.24, 2.45) is 0 Å². The van der Waals surface area contributed by atoms with Crippen LogP contribution in [-0.4, -0.2) is 11.5 Å². The predicted molar refractivity (Wildman–Crippen MR) is 66.0 cm³/mol. The number of rotatable bonds is 5. The Kier molecular flexibility index (Phi) is 4.22. The van der Waals surface area contributed by atoms with Gasteiger partial charge in [-0.1, -0.05) is 12.1 Å². The van der Waals surface area contributed by atoms with Crippen LogP contribution in [0, 0.1) is 5.82 Å². The Morgan fingerprint density at radius 1 is 0.941 bits per heavy atom. The number of hydrogen-bond donors (Lipinski definition) is 1. The summed E-state index contributed by atoms with van der Waals surface area (Å²) >= 11 is 0. The number of nitrogens with zero attached hydrogens (tertiary/aromatic N) is 1. The molecule has 88 valence electrons. The van der Waals surface area contributed by atoms with Crippen LogP contribution in [0.1, 0.15) is 11.1 Å². The van der Waals surface area contributed by atoms with Crippen molar-refractivity contribution in [2.75, 3.05) is 6.54 Å². The lowest BCUT2D eigenvalue weighted by atomic mass is 10.1. The van der Waals surface area contributed by atoms with E-state index in [2.05, 4.69) is 10.3 Å². The van der Waals surface area contributed by atoms with Gasteiger partial charge in [-0.2, -0.15) is 0 Å². The Labute approximate surface area is 101 Å². The summed E-state index contributed by atoms with van der Waals surface area (Å²) in [7, 11) is 0. The summed E-state index contributed by atoms with van der Waals surface area (Å²) in [4.78, 5) is 3.97. The van der Waals surface area contributed by atoms with Crippen molar-refractivity contribution >= 4 is 0 Å². The van der Waals surface area contributed by atoms with Crippen molar-refractivity contribution in [3.8, 4) is 0 Å². The fourth-order valence-electron chi connectivity index (χ4n) is 1.62. The number of aromatic nitrogens is 1. The minimum absolute atomic E-state index is 0.182. The van der Waals surface area contributed by atoms with Gasteiger partial charge in [0.1, 0.15) is 5.82 Å². The molecule has 0 radical (unpaired) electrons. The monoisotopic (exact) mass is 230 g/mol. The maximum atomic E-state index is 12.7. The molecule has 17 heavy (non-hydrogen) atoms. The molecule has 0 amide bonds. The van der Waals surface area contributed by atoms with Crippen LogP contribution in [0.2, 0.25) is 0 Å². The van der Waals surface area contributed by atoms with Crippen LogP contribution in [0.25, 0.3) is 0 Å². The normalized spacial score (nSPS) is 10.4. The fraction of sp³-hybridized carbons (Fsp3) is 0.214. The van der Waals surface area contributed by atoms with Crippen LogP contribution >= 0.6 is 0 Å². The lowest BCUT2D eigenvalue weighted by molar-refractivity contribution is 0.626. The summed E-state index contributed by atoms with van der Waals surface area (Å²) in [5.41, 5.74) is 2.37. The standard InChI is InChI=1S/C14H15FN2/c15-14-3-1-12(2-4-14)5-10-17-11-13-6-8-16-9-7-13/h1-4,6-9,17H,5,10-11H2. The summed E-state index contributed by atoms with van der Waals surface area (Å²) in [5.74, 6) is -0.182. The maximum Gasteiger partial charge on any atom is 0.123 e. The van der Waals surface area contributed by atoms with Gasteiger partial charge >= 0.3 is 0 Å². The van der Waals surface area contributed by atoms with Crippen molar-refractivity contribution in [3.05, 3.63) is 65.7 Å². The van der Waals surface area contributed by atoms with Crippen LogP contribution in [0.5, 0.6) is 0 Å². The molecule has 1 N–H and O–H groups in total. The fourth-order valence-corrected chi connectivity index (χ4v) is 1.62. The Morgan fingerprint density at radius 3 is 2.35 bits per heavy atom. The van der Waals surface area contributed by atoms with E-state index in [0.717, 1.165) is 25.1 Å². The maximum absolute atomic E-state index is 12.7. The summed E-state index contributed by atoms with van der Waals surface area (Å²) in [6, 6.07) is 10.6. The minimum atomic E-state index is -0.182. The molecule has 1 heterocycles. The van der Waals surface area contributed by atoms with Crippen LogP contribution in [-0.2, 0) is 13.0 Å². The van der Waals surface area contributed by atoms with Gasteiger partial charge in [-0.15, -0.1) is 0 Å². The van der Waals surface area contributed by atoms with Gasteiger partial charge in [-0.25, -0.2) is 4.39 Å². The van der Waals surface area contributed by atoms with Gasteiger partial charge in [0.15, 0.2) is 0 Å². The third kappa shape index (κ3) is 3.96. The van der Waals surface area contributed by atoms with E-state index in [0.29, 0.717) is 0 Å². The van der Waals surface area contributed by atoms with E-state index in [1.807, 2.05) is 24.3 Å². The highest BCUT2D eigenvalue weighted by molar-refractivity contribution is 5.16. The average molecular weight is 230 g/mol. The SMILES string of the molecule is Fc1ccc(CCNCc2ccncc2)cc1. The highest BCUT2D eigenvalue weighted by atomic mass is 19.1. The number of pyridine rings is 1. The van der Waals surface area contributed by atoms with E-state index in [1.54, 1.807) is 12.4 Å². The van der Waals surface area contributed by atoms with Gasteiger partial charge in [0.25, 0.3) is 0 Å². The van der Waals surface area contributed by atoms with E-state index in [-0.39, 0.29) is 5.82 Å². The average Bonchev–Trinajstić information content (AvgIpc) is 2.38. The number of nitrogens with one attached hydrogen (secondary N) is 1. The zero-order valence-electron chi connectivity index (χ0n) is 9.57. The lowest BCUT2D eigenvalue weighted by Gasteiger charge is -2.04. The molecule has 2 aromatic rings. The second-order valence-electron chi connectivity index (χ2n) is 3.91. The topological polar surface area (TPSA) is 24.9 Å². The van der Waals surface area contributed by atoms with Crippen LogP contribution < -0.4 is 5.32 Å². The van der Waals surface area contributed by atoms with Gasteiger partial charge in [0.2, 0.25) is 0 Å². The number of benzene rings is 1. The summed E-state index contributed by atoms with van der Waals surface area (Å²) < 4.78 is 12.7. The van der Waals surface area contributed by atoms with Gasteiger partial charge < -0.3 is 5.32 Å². The van der Waals surface area contributed by atoms with Gasteiger partial charge in [-0.3, -0.25) is 4.98 Å². The third-order valence-electron chi connectivity index (χ3n) is 2.58. The zero-order valence-corrected chi connectivity index (χ0v) is 9.57. The van der Waals surface area contributed by atoms with E-state index in [4.69, 9.17) is 0 Å². The molecule has 0 fully saturated rings. The van der Waals surface area contributed by atoms with Crippen LogP contribution in [0.3, 0.4) is 0 Å². The summed E-state index contributed by atoms with van der Waals surface area (Å²) in [5, 5.41) is 3.34. The smallest absolute Gasteiger partial charge is 0.123 e. The number of halogens is 1. The van der Waals surface area contributed by atoms with Crippen molar-refractivity contribution in [2.45, 2.75) is 13.0 Å². The van der Waals surface area contributed by atoms with E-state index >= 15 is 0 Å². The highest BCUT2D eigenvalue weighted by Gasteiger charge is 1.95. The van der Waals surface area contributed by atoms with E-state index in [1.165, 1.54) is 17.7 Å². The van der Waals surface area contributed by atoms with Crippen LogP contribution in [0.4, 0.5) is 4.39 Å². The highest BCUT2D eigenvalue weighted by Crippen LogP contribution is 2.03. The molecular formula is C14H15FN2. The van der Waals surface area contributed by atoms with Gasteiger partial charge in [-0.05, 0) is 48.4 Å². The van der Waals surface area contributed by atoms with Crippen LogP contribution in [0.15, 0.2) is 48.8 Å².